The van der Waals surface area contributed by atoms with Gasteiger partial charge in [-0.25, -0.2) is 9.59 Å². The molecule has 1 atom stereocenters. The SMILES string of the molecule is CCOC(Cc1ccc(OCCN(CCCCCCC(F)(F)F)C(=O)Nc2ccc(Oc3ccccc3)cc2)cc1)C(=O)O. The number of para-hydroxylation sites is 1. The molecule has 3 aromatic rings. The van der Waals surface area contributed by atoms with Crippen LogP contribution in [0.3, 0.4) is 0 Å². The molecule has 1 unspecified atom stereocenters. The molecule has 0 saturated carbocycles. The summed E-state index contributed by atoms with van der Waals surface area (Å²) in [5.41, 5.74) is 1.35. The summed E-state index contributed by atoms with van der Waals surface area (Å²) in [7, 11) is 0. The largest absolute Gasteiger partial charge is 0.492 e. The van der Waals surface area contributed by atoms with E-state index < -0.39 is 24.7 Å². The van der Waals surface area contributed by atoms with Gasteiger partial charge < -0.3 is 29.5 Å². The summed E-state index contributed by atoms with van der Waals surface area (Å²) in [6.45, 7) is 2.81. The van der Waals surface area contributed by atoms with E-state index in [0.717, 1.165) is 5.56 Å². The minimum Gasteiger partial charge on any atom is -0.492 e. The van der Waals surface area contributed by atoms with E-state index in [-0.39, 0.29) is 32.0 Å². The quantitative estimate of drug-likeness (QED) is 0.141. The highest BCUT2D eigenvalue weighted by Crippen LogP contribution is 2.24. The predicted octanol–water partition coefficient (Wildman–Crippen LogP) is 7.94. The van der Waals surface area contributed by atoms with E-state index in [0.29, 0.717) is 55.4 Å². The number of amides is 2. The minimum absolute atomic E-state index is 0.0595. The van der Waals surface area contributed by atoms with Crippen molar-refractivity contribution in [3.8, 4) is 17.2 Å². The third kappa shape index (κ3) is 12.9. The van der Waals surface area contributed by atoms with Crippen LogP contribution in [0.5, 0.6) is 17.2 Å². The number of carboxylic acid groups (broad SMARTS) is 1. The number of carbonyl (C=O) groups excluding carboxylic acids is 1. The Hall–Kier alpha value is -4.25. The van der Waals surface area contributed by atoms with Gasteiger partial charge in [-0.05, 0) is 73.9 Å². The van der Waals surface area contributed by atoms with Crippen molar-refractivity contribution in [1.82, 2.24) is 4.90 Å². The normalized spacial score (nSPS) is 11.9. The number of carbonyl (C=O) groups is 2. The van der Waals surface area contributed by atoms with Crippen molar-refractivity contribution in [2.24, 2.45) is 0 Å². The first-order valence-corrected chi connectivity index (χ1v) is 14.6. The maximum atomic E-state index is 13.2. The third-order valence-electron chi connectivity index (χ3n) is 6.63. The topological polar surface area (TPSA) is 97.3 Å². The van der Waals surface area contributed by atoms with Crippen LogP contribution in [0.25, 0.3) is 0 Å². The number of urea groups is 1. The lowest BCUT2D eigenvalue weighted by atomic mass is 10.1. The molecule has 0 bridgehead atoms. The number of hydrogen-bond donors (Lipinski definition) is 2. The molecule has 44 heavy (non-hydrogen) atoms. The number of nitrogens with zero attached hydrogens (tertiary/aromatic N) is 1. The van der Waals surface area contributed by atoms with Gasteiger partial charge >= 0.3 is 18.2 Å². The molecule has 0 aliphatic heterocycles. The fraction of sp³-hybridized carbons (Fsp3) is 0.394. The highest BCUT2D eigenvalue weighted by Gasteiger charge is 2.25. The summed E-state index contributed by atoms with van der Waals surface area (Å²) in [4.78, 5) is 26.1. The summed E-state index contributed by atoms with van der Waals surface area (Å²) in [6, 6.07) is 22.9. The zero-order valence-corrected chi connectivity index (χ0v) is 24.7. The molecular weight excluding hydrogens is 577 g/mol. The molecule has 238 valence electrons. The summed E-state index contributed by atoms with van der Waals surface area (Å²) in [5.74, 6) is 0.830. The van der Waals surface area contributed by atoms with Gasteiger partial charge in [0, 0.05) is 31.7 Å². The van der Waals surface area contributed by atoms with Crippen LogP contribution in [0, 0.1) is 0 Å². The van der Waals surface area contributed by atoms with Crippen LogP contribution in [-0.4, -0.2) is 60.6 Å². The monoisotopic (exact) mass is 616 g/mol. The number of hydrogen-bond acceptors (Lipinski definition) is 5. The molecular formula is C33H39F3N2O6. The second-order valence-electron chi connectivity index (χ2n) is 10.1. The molecule has 0 heterocycles. The average Bonchev–Trinajstić information content (AvgIpc) is 2.99. The summed E-state index contributed by atoms with van der Waals surface area (Å²) < 4.78 is 54.2. The number of carboxylic acids is 1. The Kier molecular flexibility index (Phi) is 13.8. The second kappa shape index (κ2) is 17.8. The van der Waals surface area contributed by atoms with Gasteiger partial charge in [-0.1, -0.05) is 43.2 Å². The van der Waals surface area contributed by atoms with E-state index in [1.54, 1.807) is 60.4 Å². The number of ether oxygens (including phenoxy) is 3. The van der Waals surface area contributed by atoms with E-state index in [1.165, 1.54) is 0 Å². The third-order valence-corrected chi connectivity index (χ3v) is 6.63. The van der Waals surface area contributed by atoms with Crippen LogP contribution in [0.1, 0.15) is 44.6 Å². The molecule has 0 fully saturated rings. The highest BCUT2D eigenvalue weighted by atomic mass is 19.4. The van der Waals surface area contributed by atoms with Gasteiger partial charge in [0.1, 0.15) is 23.9 Å². The number of alkyl halides is 3. The first-order chi connectivity index (χ1) is 21.1. The Morgan fingerprint density at radius 2 is 1.48 bits per heavy atom. The molecule has 3 rings (SSSR count). The lowest BCUT2D eigenvalue weighted by molar-refractivity contribution is -0.150. The molecule has 2 amide bonds. The van der Waals surface area contributed by atoms with E-state index in [2.05, 4.69) is 5.32 Å². The molecule has 0 radical (unpaired) electrons. The lowest BCUT2D eigenvalue weighted by Crippen LogP contribution is -2.38. The Balaban J connectivity index is 1.54. The summed E-state index contributed by atoms with van der Waals surface area (Å²) in [5, 5.41) is 12.2. The van der Waals surface area contributed by atoms with Crippen LogP contribution in [-0.2, 0) is 16.0 Å². The summed E-state index contributed by atoms with van der Waals surface area (Å²) >= 11 is 0. The van der Waals surface area contributed by atoms with Gasteiger partial charge in [-0.3, -0.25) is 0 Å². The summed E-state index contributed by atoms with van der Waals surface area (Å²) in [6.07, 6.45) is -4.08. The first kappa shape index (κ1) is 34.2. The second-order valence-corrected chi connectivity index (χ2v) is 10.1. The molecule has 0 aliphatic carbocycles. The predicted molar refractivity (Wildman–Crippen MR) is 161 cm³/mol. The van der Waals surface area contributed by atoms with E-state index >= 15 is 0 Å². The number of anilines is 1. The Morgan fingerprint density at radius 3 is 2.11 bits per heavy atom. The van der Waals surface area contributed by atoms with Crippen LogP contribution in [0.15, 0.2) is 78.9 Å². The van der Waals surface area contributed by atoms with E-state index in [9.17, 15) is 27.9 Å². The van der Waals surface area contributed by atoms with E-state index in [1.807, 2.05) is 30.3 Å². The van der Waals surface area contributed by atoms with Crippen molar-refractivity contribution in [2.75, 3.05) is 31.6 Å². The molecule has 0 saturated heterocycles. The smallest absolute Gasteiger partial charge is 0.389 e. The van der Waals surface area contributed by atoms with Crippen molar-refractivity contribution in [3.05, 3.63) is 84.4 Å². The van der Waals surface area contributed by atoms with Crippen LogP contribution in [0.4, 0.5) is 23.7 Å². The highest BCUT2D eigenvalue weighted by molar-refractivity contribution is 5.89. The molecule has 0 spiro atoms. The van der Waals surface area contributed by atoms with Crippen molar-refractivity contribution in [3.63, 3.8) is 0 Å². The van der Waals surface area contributed by atoms with Crippen LogP contribution in [0.2, 0.25) is 0 Å². The molecule has 0 aliphatic rings. The standard InChI is InChI=1S/C33H39F3N2O6/c1-2-42-30(31(39)40)24-25-12-16-27(17-13-25)43-23-22-38(21-9-4-3-8-20-33(34,35)36)32(41)37-26-14-18-29(19-15-26)44-28-10-6-5-7-11-28/h5-7,10-19,30H,2-4,8-9,20-24H2,1H3,(H,37,41)(H,39,40). The maximum Gasteiger partial charge on any atom is 0.389 e. The van der Waals surface area contributed by atoms with Crippen molar-refractivity contribution >= 4 is 17.7 Å². The minimum atomic E-state index is -4.16. The number of unbranched alkanes of at least 4 members (excludes halogenated alkanes) is 3. The van der Waals surface area contributed by atoms with Crippen LogP contribution < -0.4 is 14.8 Å². The van der Waals surface area contributed by atoms with Crippen LogP contribution >= 0.6 is 0 Å². The number of halogens is 3. The molecule has 2 N–H and O–H groups in total. The Labute approximate surface area is 255 Å². The molecule has 8 nitrogen and oxygen atoms in total. The fourth-order valence-corrected chi connectivity index (χ4v) is 4.36. The molecule has 0 aromatic heterocycles. The number of nitrogens with one attached hydrogen (secondary N) is 1. The number of aliphatic carboxylic acids is 1. The van der Waals surface area contributed by atoms with Gasteiger partial charge in [0.25, 0.3) is 0 Å². The Bertz CT molecular complexity index is 1270. The lowest BCUT2D eigenvalue weighted by Gasteiger charge is -2.23. The van der Waals surface area contributed by atoms with Gasteiger partial charge in [0.05, 0.1) is 6.54 Å². The molecule has 3 aromatic carbocycles. The molecule has 11 heteroatoms. The number of rotatable bonds is 18. The van der Waals surface area contributed by atoms with Crippen molar-refractivity contribution in [1.29, 1.82) is 0 Å². The number of benzene rings is 3. The van der Waals surface area contributed by atoms with E-state index in [4.69, 9.17) is 14.2 Å². The zero-order chi connectivity index (χ0) is 31.8. The Morgan fingerprint density at radius 1 is 0.841 bits per heavy atom. The average molecular weight is 617 g/mol. The van der Waals surface area contributed by atoms with Gasteiger partial charge in [-0.15, -0.1) is 0 Å². The maximum absolute atomic E-state index is 13.2. The van der Waals surface area contributed by atoms with Gasteiger partial charge in [-0.2, -0.15) is 13.2 Å². The zero-order valence-electron chi connectivity index (χ0n) is 24.7. The van der Waals surface area contributed by atoms with Gasteiger partial charge in [0.2, 0.25) is 0 Å². The van der Waals surface area contributed by atoms with Gasteiger partial charge in [0.15, 0.2) is 6.10 Å². The van der Waals surface area contributed by atoms with Crippen molar-refractivity contribution < 1.29 is 42.1 Å². The first-order valence-electron chi connectivity index (χ1n) is 14.6. The van der Waals surface area contributed by atoms with Crippen molar-refractivity contribution in [2.45, 2.75) is 57.7 Å². The fourth-order valence-electron chi connectivity index (χ4n) is 4.36.